The summed E-state index contributed by atoms with van der Waals surface area (Å²) in [6, 6.07) is -0.730. The first-order chi connectivity index (χ1) is 9.49. The quantitative estimate of drug-likeness (QED) is 0.543. The summed E-state index contributed by atoms with van der Waals surface area (Å²) in [5.74, 6) is 0. The average Bonchev–Trinajstić information content (AvgIpc) is 2.83. The van der Waals surface area contributed by atoms with Crippen molar-refractivity contribution in [2.24, 2.45) is 4.99 Å². The summed E-state index contributed by atoms with van der Waals surface area (Å²) < 4.78 is 5.45. The van der Waals surface area contributed by atoms with Gasteiger partial charge in [-0.15, -0.1) is 0 Å². The molecule has 0 aliphatic carbocycles. The number of carboxylic acid groups (broad SMARTS) is 1. The normalized spacial score (nSPS) is 36.4. The monoisotopic (exact) mass is 306 g/mol. The lowest BCUT2D eigenvalue weighted by atomic mass is 9.99. The molecule has 5 atom stereocenters. The molecular weight excluding hydrogens is 288 g/mol. The van der Waals surface area contributed by atoms with E-state index in [1.165, 1.54) is 0 Å². The molecule has 0 saturated carbocycles. The van der Waals surface area contributed by atoms with E-state index in [4.69, 9.17) is 14.9 Å². The van der Waals surface area contributed by atoms with Crippen LogP contribution in [-0.4, -0.2) is 79.5 Å². The van der Waals surface area contributed by atoms with Gasteiger partial charge in [0.2, 0.25) is 0 Å². The molecule has 4 N–H and O–H groups in total. The minimum Gasteiger partial charge on any atom is -0.465 e. The predicted octanol–water partition coefficient (Wildman–Crippen LogP) is -0.713. The summed E-state index contributed by atoms with van der Waals surface area (Å²) in [4.78, 5) is 16.4. The summed E-state index contributed by atoms with van der Waals surface area (Å²) in [7, 11) is 0. The zero-order chi connectivity index (χ0) is 14.9. The summed E-state index contributed by atoms with van der Waals surface area (Å²) in [6.45, 7) is 1.72. The second-order valence-corrected chi connectivity index (χ2v) is 5.73. The highest BCUT2D eigenvalue weighted by Crippen LogP contribution is 2.37. The lowest BCUT2D eigenvalue weighted by Crippen LogP contribution is -2.55. The van der Waals surface area contributed by atoms with E-state index in [1.54, 1.807) is 0 Å². The van der Waals surface area contributed by atoms with E-state index >= 15 is 0 Å². The summed E-state index contributed by atoms with van der Waals surface area (Å²) in [6.07, 6.45) is -3.81. The maximum absolute atomic E-state index is 11.2. The van der Waals surface area contributed by atoms with Crippen LogP contribution < -0.4 is 0 Å². The van der Waals surface area contributed by atoms with Crippen LogP contribution >= 0.6 is 11.8 Å². The Morgan fingerprint density at radius 1 is 1.45 bits per heavy atom. The molecule has 1 fully saturated rings. The highest BCUT2D eigenvalue weighted by Gasteiger charge is 2.49. The molecule has 2 rings (SSSR count). The topological polar surface area (TPSA) is 123 Å². The van der Waals surface area contributed by atoms with Crippen molar-refractivity contribution < 1.29 is 30.0 Å². The Kier molecular flexibility index (Phi) is 4.86. The third-order valence-corrected chi connectivity index (χ3v) is 4.40. The summed E-state index contributed by atoms with van der Waals surface area (Å²) in [5.41, 5.74) is -0.598. The van der Waals surface area contributed by atoms with E-state index in [0.717, 1.165) is 16.7 Å². The molecule has 0 radical (unpaired) electrons. The van der Waals surface area contributed by atoms with Gasteiger partial charge in [0.15, 0.2) is 5.17 Å². The maximum atomic E-state index is 11.2. The summed E-state index contributed by atoms with van der Waals surface area (Å²) >= 11 is 1.09. The van der Waals surface area contributed by atoms with Gasteiger partial charge < -0.3 is 25.2 Å². The van der Waals surface area contributed by atoms with E-state index in [1.807, 2.05) is 6.92 Å². The number of aliphatic imine (C=N–C) groups is 1. The number of fused-ring (bicyclic) bond motifs is 1. The molecule has 1 saturated heterocycles. The number of hydrogen-bond acceptors (Lipinski definition) is 7. The molecule has 2 heterocycles. The number of aliphatic hydroxyl groups excluding tert-OH is 3. The van der Waals surface area contributed by atoms with E-state index in [9.17, 15) is 15.0 Å². The molecule has 114 valence electrons. The fraction of sp³-hybridized carbons (Fsp3) is 0.818. The number of hydrogen-bond donors (Lipinski definition) is 4. The fourth-order valence-electron chi connectivity index (χ4n) is 2.19. The molecule has 0 spiro atoms. The van der Waals surface area contributed by atoms with E-state index < -0.39 is 42.5 Å². The van der Waals surface area contributed by atoms with Crippen molar-refractivity contribution in [1.29, 1.82) is 0 Å². The minimum absolute atomic E-state index is 0.249. The van der Waals surface area contributed by atoms with Gasteiger partial charge >= 0.3 is 6.09 Å². The number of rotatable bonds is 3. The molecule has 0 bridgehead atoms. The first-order valence-electron chi connectivity index (χ1n) is 6.37. The fourth-order valence-corrected chi connectivity index (χ4v) is 3.44. The number of carbonyl (C=O) groups is 1. The highest BCUT2D eigenvalue weighted by molar-refractivity contribution is 8.14. The molecular formula is C11H18N2O6S. The van der Waals surface area contributed by atoms with Crippen LogP contribution in [0.4, 0.5) is 4.79 Å². The second-order valence-electron chi connectivity index (χ2n) is 4.66. The maximum Gasteiger partial charge on any atom is 0.413 e. The van der Waals surface area contributed by atoms with Gasteiger partial charge in [-0.3, -0.25) is 9.89 Å². The number of aliphatic hydroxyl groups is 3. The number of amides is 1. The molecule has 20 heavy (non-hydrogen) atoms. The van der Waals surface area contributed by atoms with Crippen LogP contribution in [0.15, 0.2) is 4.99 Å². The van der Waals surface area contributed by atoms with Crippen LogP contribution in [0.25, 0.3) is 0 Å². The molecule has 0 aromatic heterocycles. The standard InChI is InChI=1S/C11H18N2O6S/c1-2-3-13(11(17)18)10-12-6-8(16)7(15)5(4-14)19-9(6)20-10/h5-9,14-16H,2-4H2,1H3,(H,17,18)/t5-,6-,7-,8-,9-/m1/s1. The van der Waals surface area contributed by atoms with Crippen LogP contribution in [0.3, 0.4) is 0 Å². The Morgan fingerprint density at radius 3 is 2.70 bits per heavy atom. The number of amidine groups is 1. The van der Waals surface area contributed by atoms with Crippen LogP contribution in [0, 0.1) is 0 Å². The van der Waals surface area contributed by atoms with E-state index in [-0.39, 0.29) is 5.17 Å². The van der Waals surface area contributed by atoms with E-state index in [2.05, 4.69) is 4.99 Å². The Balaban J connectivity index is 2.16. The number of nitrogens with zero attached hydrogens (tertiary/aromatic N) is 2. The zero-order valence-corrected chi connectivity index (χ0v) is 11.7. The van der Waals surface area contributed by atoms with Crippen molar-refractivity contribution in [3.63, 3.8) is 0 Å². The first-order valence-corrected chi connectivity index (χ1v) is 7.25. The second kappa shape index (κ2) is 6.27. The molecule has 2 aliphatic rings. The van der Waals surface area contributed by atoms with Crippen LogP contribution in [0.5, 0.6) is 0 Å². The SMILES string of the molecule is CCCN(C(=O)O)C1=N[C@@H]2[C@@H](O)[C@H](O)[C@@H](CO)O[C@@H]2S1. The van der Waals surface area contributed by atoms with Crippen LogP contribution in [-0.2, 0) is 4.74 Å². The molecule has 0 aromatic carbocycles. The van der Waals surface area contributed by atoms with Crippen molar-refractivity contribution >= 4 is 23.0 Å². The van der Waals surface area contributed by atoms with Crippen molar-refractivity contribution in [3.05, 3.63) is 0 Å². The third-order valence-electron chi connectivity index (χ3n) is 3.24. The molecule has 0 unspecified atom stereocenters. The molecule has 9 heteroatoms. The Bertz CT molecular complexity index is 406. The average molecular weight is 306 g/mol. The van der Waals surface area contributed by atoms with Gasteiger partial charge in [0, 0.05) is 6.54 Å². The lowest BCUT2D eigenvalue weighted by Gasteiger charge is -2.37. The molecule has 1 amide bonds. The van der Waals surface area contributed by atoms with Crippen molar-refractivity contribution in [2.75, 3.05) is 13.2 Å². The van der Waals surface area contributed by atoms with Gasteiger partial charge in [0.1, 0.15) is 29.8 Å². The van der Waals surface area contributed by atoms with Crippen molar-refractivity contribution in [3.8, 4) is 0 Å². The molecule has 2 aliphatic heterocycles. The van der Waals surface area contributed by atoms with Gasteiger partial charge in [-0.25, -0.2) is 4.79 Å². The van der Waals surface area contributed by atoms with Gasteiger partial charge in [-0.1, -0.05) is 18.7 Å². The van der Waals surface area contributed by atoms with Gasteiger partial charge in [-0.2, -0.15) is 0 Å². The molecule has 0 aromatic rings. The zero-order valence-electron chi connectivity index (χ0n) is 10.9. The van der Waals surface area contributed by atoms with Gasteiger partial charge in [-0.05, 0) is 6.42 Å². The lowest BCUT2D eigenvalue weighted by molar-refractivity contribution is -0.164. The van der Waals surface area contributed by atoms with Gasteiger partial charge in [0.05, 0.1) is 6.61 Å². The van der Waals surface area contributed by atoms with Crippen molar-refractivity contribution in [1.82, 2.24) is 4.90 Å². The van der Waals surface area contributed by atoms with Crippen LogP contribution in [0.1, 0.15) is 13.3 Å². The Hall–Kier alpha value is -0.870. The van der Waals surface area contributed by atoms with E-state index in [0.29, 0.717) is 13.0 Å². The smallest absolute Gasteiger partial charge is 0.413 e. The first kappa shape index (κ1) is 15.5. The third kappa shape index (κ3) is 2.77. The van der Waals surface area contributed by atoms with Crippen LogP contribution in [0.2, 0.25) is 0 Å². The van der Waals surface area contributed by atoms with Gasteiger partial charge in [0.25, 0.3) is 0 Å². The molecule has 8 nitrogen and oxygen atoms in total. The minimum atomic E-state index is -1.24. The summed E-state index contributed by atoms with van der Waals surface area (Å²) in [5, 5.41) is 38.3. The predicted molar refractivity (Wildman–Crippen MR) is 71.6 cm³/mol. The van der Waals surface area contributed by atoms with Crippen molar-refractivity contribution in [2.45, 2.75) is 43.1 Å². The largest absolute Gasteiger partial charge is 0.465 e. The highest BCUT2D eigenvalue weighted by atomic mass is 32.2. The Morgan fingerprint density at radius 2 is 2.15 bits per heavy atom. The Labute approximate surface area is 120 Å². The number of thioether (sulfide) groups is 1. The number of ether oxygens (including phenoxy) is 1.